The minimum atomic E-state index is -4.97. The fourth-order valence-electron chi connectivity index (χ4n) is 13.2. The van der Waals surface area contributed by atoms with Crippen molar-refractivity contribution in [3.8, 4) is 0 Å². The number of esters is 4. The molecule has 0 bridgehead atoms. The third-order valence-electron chi connectivity index (χ3n) is 20.0. The number of phosphoric ester groups is 2. The molecule has 0 aromatic rings. The Morgan fingerprint density at radius 2 is 0.442 bits per heavy atom. The maximum atomic E-state index is 13.1. The van der Waals surface area contributed by atoms with Gasteiger partial charge in [-0.05, 0) is 37.5 Å². The van der Waals surface area contributed by atoms with Crippen LogP contribution in [-0.2, 0) is 65.4 Å². The number of hydrogen-bond acceptors (Lipinski definition) is 15. The van der Waals surface area contributed by atoms with Gasteiger partial charge in [-0.15, -0.1) is 0 Å². The largest absolute Gasteiger partial charge is 0.472 e. The molecule has 19 heteroatoms. The quantitative estimate of drug-likeness (QED) is 0.0222. The summed E-state index contributed by atoms with van der Waals surface area (Å²) in [7, 11) is -9.93. The molecule has 0 amide bonds. The van der Waals surface area contributed by atoms with E-state index in [2.05, 4.69) is 41.5 Å². The van der Waals surface area contributed by atoms with Crippen LogP contribution < -0.4 is 0 Å². The molecule has 0 aliphatic carbocycles. The standard InChI is InChI=1S/C85H166O17P2/c1-7-9-11-13-15-17-19-20-21-22-23-24-25-26-29-33-39-45-51-57-63-69-84(89)101-81(74-96-83(88)68-62-56-50-44-38-32-30-27-28-31-36-41-47-53-59-65-77(3)4)76-100-104(93,94)98-72-79(86)71-97-103(91,92)99-75-80(73-95-82(87)67-61-55-49-43-35-18-16-14-12-10-8-2)102-85(90)70-64-58-52-46-40-34-37-42-48-54-60-66-78(5)6/h77-81,86H,7-76H2,1-6H3,(H,91,92)(H,93,94)/t79-,80+,81+/m0/s1. The Labute approximate surface area is 638 Å². The lowest BCUT2D eigenvalue weighted by molar-refractivity contribution is -0.161. The summed E-state index contributed by atoms with van der Waals surface area (Å²) in [6, 6.07) is 0. The molecule has 0 saturated heterocycles. The van der Waals surface area contributed by atoms with Crippen LogP contribution in [0.15, 0.2) is 0 Å². The van der Waals surface area contributed by atoms with Crippen LogP contribution in [0, 0.1) is 11.8 Å². The smallest absolute Gasteiger partial charge is 0.462 e. The summed E-state index contributed by atoms with van der Waals surface area (Å²) >= 11 is 0. The Bertz CT molecular complexity index is 1990. The molecule has 0 spiro atoms. The first-order chi connectivity index (χ1) is 50.4. The van der Waals surface area contributed by atoms with E-state index in [9.17, 15) is 43.2 Å². The summed E-state index contributed by atoms with van der Waals surface area (Å²) in [6.45, 7) is 9.69. The lowest BCUT2D eigenvalue weighted by Gasteiger charge is -2.21. The second-order valence-corrected chi connectivity index (χ2v) is 34.4. The molecule has 0 radical (unpaired) electrons. The molecule has 0 aliphatic rings. The van der Waals surface area contributed by atoms with Crippen molar-refractivity contribution in [1.29, 1.82) is 0 Å². The molecule has 0 aromatic heterocycles. The Balaban J connectivity index is 5.23. The molecule has 0 aliphatic heterocycles. The number of aliphatic hydroxyl groups excluding tert-OH is 1. The first-order valence-corrected chi connectivity index (χ1v) is 47.0. The molecule has 0 saturated carbocycles. The zero-order chi connectivity index (χ0) is 76.4. The number of carbonyl (C=O) groups excluding carboxylic acids is 4. The van der Waals surface area contributed by atoms with E-state index in [1.807, 2.05) is 0 Å². The van der Waals surface area contributed by atoms with Gasteiger partial charge in [-0.1, -0.05) is 401 Å². The van der Waals surface area contributed by atoms with Crippen molar-refractivity contribution in [3.63, 3.8) is 0 Å². The third-order valence-corrected chi connectivity index (χ3v) is 21.9. The van der Waals surface area contributed by atoms with Crippen LogP contribution in [0.2, 0.25) is 0 Å². The minimum absolute atomic E-state index is 0.107. The van der Waals surface area contributed by atoms with E-state index in [0.29, 0.717) is 25.7 Å². The molecular formula is C85H166O17P2. The first-order valence-electron chi connectivity index (χ1n) is 44.0. The van der Waals surface area contributed by atoms with Gasteiger partial charge < -0.3 is 33.8 Å². The van der Waals surface area contributed by atoms with E-state index >= 15 is 0 Å². The van der Waals surface area contributed by atoms with E-state index < -0.39 is 97.5 Å². The second-order valence-electron chi connectivity index (χ2n) is 31.5. The topological polar surface area (TPSA) is 237 Å². The molecule has 5 atom stereocenters. The Kier molecular flexibility index (Phi) is 75.0. The zero-order valence-corrected chi connectivity index (χ0v) is 70.1. The van der Waals surface area contributed by atoms with Crippen molar-refractivity contribution in [1.82, 2.24) is 0 Å². The van der Waals surface area contributed by atoms with Crippen molar-refractivity contribution in [3.05, 3.63) is 0 Å². The van der Waals surface area contributed by atoms with E-state index in [1.54, 1.807) is 0 Å². The highest BCUT2D eigenvalue weighted by Gasteiger charge is 2.30. The average molecular weight is 1520 g/mol. The van der Waals surface area contributed by atoms with Crippen LogP contribution in [0.4, 0.5) is 0 Å². The lowest BCUT2D eigenvalue weighted by atomic mass is 10.0. The van der Waals surface area contributed by atoms with Gasteiger partial charge in [0.2, 0.25) is 0 Å². The molecule has 0 heterocycles. The van der Waals surface area contributed by atoms with Gasteiger partial charge in [0.1, 0.15) is 19.3 Å². The predicted molar refractivity (Wildman–Crippen MR) is 428 cm³/mol. The number of rotatable bonds is 84. The summed E-state index contributed by atoms with van der Waals surface area (Å²) < 4.78 is 68.9. The molecule has 0 fully saturated rings. The average Bonchev–Trinajstić information content (AvgIpc) is 0.904. The molecule has 0 aromatic carbocycles. The maximum Gasteiger partial charge on any atom is 0.472 e. The molecule has 618 valence electrons. The fourth-order valence-corrected chi connectivity index (χ4v) is 14.8. The van der Waals surface area contributed by atoms with Gasteiger partial charge in [0.25, 0.3) is 0 Å². The van der Waals surface area contributed by atoms with Crippen molar-refractivity contribution >= 4 is 39.5 Å². The first kappa shape index (κ1) is 102. The highest BCUT2D eigenvalue weighted by Crippen LogP contribution is 2.45. The summed E-state index contributed by atoms with van der Waals surface area (Å²) in [6.07, 6.45) is 68.0. The van der Waals surface area contributed by atoms with E-state index in [4.69, 9.17) is 37.0 Å². The molecule has 3 N–H and O–H groups in total. The van der Waals surface area contributed by atoms with E-state index in [-0.39, 0.29) is 25.7 Å². The van der Waals surface area contributed by atoms with Gasteiger partial charge in [-0.25, -0.2) is 9.13 Å². The van der Waals surface area contributed by atoms with Crippen LogP contribution in [0.25, 0.3) is 0 Å². The van der Waals surface area contributed by atoms with Gasteiger partial charge in [-0.2, -0.15) is 0 Å². The Morgan fingerprint density at radius 1 is 0.260 bits per heavy atom. The second kappa shape index (κ2) is 76.4. The van der Waals surface area contributed by atoms with E-state index in [0.717, 1.165) is 102 Å². The number of carbonyl (C=O) groups is 4. The number of aliphatic hydroxyl groups is 1. The van der Waals surface area contributed by atoms with Crippen molar-refractivity contribution in [2.75, 3.05) is 39.6 Å². The molecular weight excluding hydrogens is 1350 g/mol. The number of unbranched alkanes of at least 4 members (excludes halogenated alkanes) is 54. The number of hydrogen-bond donors (Lipinski definition) is 3. The molecule has 2 unspecified atom stereocenters. The summed E-state index contributed by atoms with van der Waals surface area (Å²) in [5.74, 6) is -0.531. The highest BCUT2D eigenvalue weighted by atomic mass is 31.2. The fraction of sp³-hybridized carbons (Fsp3) is 0.953. The minimum Gasteiger partial charge on any atom is -0.462 e. The maximum absolute atomic E-state index is 13.1. The van der Waals surface area contributed by atoms with E-state index in [1.165, 1.54) is 270 Å². The Morgan fingerprint density at radius 3 is 0.654 bits per heavy atom. The van der Waals surface area contributed by atoms with Crippen LogP contribution in [-0.4, -0.2) is 96.7 Å². The SMILES string of the molecule is CCCCCCCCCCCCCCCCCCCCCCCC(=O)O[C@H](COC(=O)CCCCCCCCCCCCCCCCCC(C)C)COP(=O)(O)OC[C@@H](O)COP(=O)(O)OC[C@@H](COC(=O)CCCCCCCCCCCCC)OC(=O)CCCCCCCCCCCCCC(C)C. The van der Waals surface area contributed by atoms with Gasteiger partial charge in [0.15, 0.2) is 12.2 Å². The lowest BCUT2D eigenvalue weighted by Crippen LogP contribution is -2.30. The third kappa shape index (κ3) is 78.2. The zero-order valence-electron chi connectivity index (χ0n) is 68.3. The van der Waals surface area contributed by atoms with Gasteiger partial charge in [0.05, 0.1) is 26.4 Å². The normalized spacial score (nSPS) is 13.8. The summed E-state index contributed by atoms with van der Waals surface area (Å²) in [4.78, 5) is 73.2. The summed E-state index contributed by atoms with van der Waals surface area (Å²) in [5.41, 5.74) is 0. The predicted octanol–water partition coefficient (Wildman–Crippen LogP) is 25.8. The molecule has 0 rings (SSSR count). The van der Waals surface area contributed by atoms with Crippen LogP contribution in [0.1, 0.15) is 452 Å². The van der Waals surface area contributed by atoms with Gasteiger partial charge in [-0.3, -0.25) is 37.3 Å². The van der Waals surface area contributed by atoms with Crippen LogP contribution in [0.3, 0.4) is 0 Å². The van der Waals surface area contributed by atoms with Crippen molar-refractivity contribution < 1.29 is 80.2 Å². The number of phosphoric acid groups is 2. The van der Waals surface area contributed by atoms with Crippen molar-refractivity contribution in [2.45, 2.75) is 471 Å². The Hall–Kier alpha value is -1.94. The van der Waals surface area contributed by atoms with Gasteiger partial charge >= 0.3 is 39.5 Å². The molecule has 104 heavy (non-hydrogen) atoms. The monoisotopic (exact) mass is 1520 g/mol. The van der Waals surface area contributed by atoms with Crippen molar-refractivity contribution in [2.24, 2.45) is 11.8 Å². The van der Waals surface area contributed by atoms with Crippen LogP contribution >= 0.6 is 15.6 Å². The highest BCUT2D eigenvalue weighted by molar-refractivity contribution is 7.47. The molecule has 17 nitrogen and oxygen atoms in total. The van der Waals surface area contributed by atoms with Gasteiger partial charge in [0, 0.05) is 25.7 Å². The van der Waals surface area contributed by atoms with Crippen LogP contribution in [0.5, 0.6) is 0 Å². The number of ether oxygens (including phenoxy) is 4. The summed E-state index contributed by atoms with van der Waals surface area (Å²) in [5, 5.41) is 10.7.